The highest BCUT2D eigenvalue weighted by atomic mass is 19.3. The summed E-state index contributed by atoms with van der Waals surface area (Å²) in [5.41, 5.74) is 3.94. The first-order chi connectivity index (χ1) is 12.4. The maximum Gasteiger partial charge on any atom is 0.387 e. The number of carbonyl (C=O) groups excluding carboxylic acids is 2. The molecule has 0 aliphatic heterocycles. The van der Waals surface area contributed by atoms with Gasteiger partial charge in [0, 0.05) is 5.56 Å². The molecule has 0 unspecified atom stereocenters. The molecule has 0 spiro atoms. The van der Waals surface area contributed by atoms with Crippen molar-refractivity contribution in [1.82, 2.24) is 10.9 Å². The van der Waals surface area contributed by atoms with Gasteiger partial charge in [-0.3, -0.25) is 20.4 Å². The quantitative estimate of drug-likeness (QED) is 0.769. The molecular formula is C17H15F3N2O4. The second kappa shape index (κ2) is 8.75. The molecule has 0 atom stereocenters. The first kappa shape index (κ1) is 19.1. The predicted molar refractivity (Wildman–Crippen MR) is 85.6 cm³/mol. The molecule has 2 amide bonds. The lowest BCUT2D eigenvalue weighted by atomic mass is 10.2. The van der Waals surface area contributed by atoms with E-state index < -0.39 is 24.2 Å². The van der Waals surface area contributed by atoms with Crippen LogP contribution in [0, 0.1) is 5.82 Å². The SMILES string of the molecule is CCOc1cc(C(=O)NNC(=O)c2ccccc2F)ccc1OC(F)F. The molecule has 0 radical (unpaired) electrons. The van der Waals surface area contributed by atoms with Gasteiger partial charge < -0.3 is 9.47 Å². The van der Waals surface area contributed by atoms with Crippen molar-refractivity contribution in [2.75, 3.05) is 6.61 Å². The second-order valence-electron chi connectivity index (χ2n) is 4.86. The fourth-order valence-corrected chi connectivity index (χ4v) is 2.01. The fourth-order valence-electron chi connectivity index (χ4n) is 2.01. The van der Waals surface area contributed by atoms with Crippen molar-refractivity contribution < 1.29 is 32.2 Å². The topological polar surface area (TPSA) is 76.7 Å². The smallest absolute Gasteiger partial charge is 0.387 e. The summed E-state index contributed by atoms with van der Waals surface area (Å²) in [7, 11) is 0. The Hall–Kier alpha value is -3.23. The minimum Gasteiger partial charge on any atom is -0.490 e. The molecule has 2 N–H and O–H groups in total. The highest BCUT2D eigenvalue weighted by Crippen LogP contribution is 2.29. The number of ether oxygens (including phenoxy) is 2. The lowest BCUT2D eigenvalue weighted by molar-refractivity contribution is -0.0514. The van der Waals surface area contributed by atoms with Crippen LogP contribution < -0.4 is 20.3 Å². The van der Waals surface area contributed by atoms with E-state index in [2.05, 4.69) is 15.6 Å². The standard InChI is InChI=1S/C17H15F3N2O4/c1-2-25-14-9-10(7-8-13(14)26-17(19)20)15(23)21-22-16(24)11-5-3-4-6-12(11)18/h3-9,17H,2H2,1H3,(H,21,23)(H,22,24). The van der Waals surface area contributed by atoms with Gasteiger partial charge in [-0.05, 0) is 37.3 Å². The van der Waals surface area contributed by atoms with Gasteiger partial charge in [-0.15, -0.1) is 0 Å². The van der Waals surface area contributed by atoms with Crippen LogP contribution in [0.25, 0.3) is 0 Å². The first-order valence-corrected chi connectivity index (χ1v) is 7.49. The summed E-state index contributed by atoms with van der Waals surface area (Å²) in [6, 6.07) is 8.79. The number of hydrazine groups is 1. The van der Waals surface area contributed by atoms with Gasteiger partial charge in [0.25, 0.3) is 11.8 Å². The molecule has 138 valence electrons. The molecule has 0 heterocycles. The van der Waals surface area contributed by atoms with E-state index in [1.54, 1.807) is 6.92 Å². The summed E-state index contributed by atoms with van der Waals surface area (Å²) in [6.45, 7) is -1.25. The molecule has 0 fully saturated rings. The van der Waals surface area contributed by atoms with E-state index in [4.69, 9.17) is 4.74 Å². The Morgan fingerprint density at radius 1 is 1.04 bits per heavy atom. The van der Waals surface area contributed by atoms with Gasteiger partial charge >= 0.3 is 6.61 Å². The Morgan fingerprint density at radius 3 is 2.38 bits per heavy atom. The van der Waals surface area contributed by atoms with Gasteiger partial charge in [0.1, 0.15) is 5.82 Å². The van der Waals surface area contributed by atoms with Crippen LogP contribution >= 0.6 is 0 Å². The van der Waals surface area contributed by atoms with Crippen molar-refractivity contribution in [1.29, 1.82) is 0 Å². The Bertz CT molecular complexity index is 799. The maximum absolute atomic E-state index is 13.5. The van der Waals surface area contributed by atoms with Crippen LogP contribution in [-0.4, -0.2) is 25.0 Å². The van der Waals surface area contributed by atoms with Crippen LogP contribution in [0.5, 0.6) is 11.5 Å². The van der Waals surface area contributed by atoms with Crippen LogP contribution in [0.4, 0.5) is 13.2 Å². The Kier molecular flexibility index (Phi) is 6.42. The Balaban J connectivity index is 2.08. The molecule has 0 aromatic heterocycles. The number of halogens is 3. The highest BCUT2D eigenvalue weighted by molar-refractivity contribution is 5.99. The number of rotatable bonds is 6. The van der Waals surface area contributed by atoms with Gasteiger partial charge in [0.15, 0.2) is 11.5 Å². The van der Waals surface area contributed by atoms with Gasteiger partial charge in [-0.1, -0.05) is 12.1 Å². The van der Waals surface area contributed by atoms with Crippen molar-refractivity contribution in [2.24, 2.45) is 0 Å². The number of benzene rings is 2. The third-order valence-electron chi connectivity index (χ3n) is 3.13. The number of nitrogens with one attached hydrogen (secondary N) is 2. The zero-order valence-corrected chi connectivity index (χ0v) is 13.6. The summed E-state index contributed by atoms with van der Waals surface area (Å²) in [5, 5.41) is 0. The van der Waals surface area contributed by atoms with Crippen LogP contribution in [0.15, 0.2) is 42.5 Å². The van der Waals surface area contributed by atoms with E-state index in [1.807, 2.05) is 0 Å². The molecule has 9 heteroatoms. The number of hydrogen-bond acceptors (Lipinski definition) is 4. The average molecular weight is 368 g/mol. The molecule has 2 aromatic rings. The summed E-state index contributed by atoms with van der Waals surface area (Å²) >= 11 is 0. The van der Waals surface area contributed by atoms with Crippen molar-refractivity contribution >= 4 is 11.8 Å². The van der Waals surface area contributed by atoms with Gasteiger partial charge in [-0.25, -0.2) is 4.39 Å². The minimum atomic E-state index is -3.05. The van der Waals surface area contributed by atoms with Crippen molar-refractivity contribution in [3.05, 3.63) is 59.4 Å². The average Bonchev–Trinajstić information content (AvgIpc) is 2.61. The van der Waals surface area contributed by atoms with Crippen LogP contribution in [0.2, 0.25) is 0 Å². The number of hydrogen-bond donors (Lipinski definition) is 2. The summed E-state index contributed by atoms with van der Waals surface area (Å²) in [4.78, 5) is 23.9. The first-order valence-electron chi connectivity index (χ1n) is 7.49. The minimum absolute atomic E-state index is 0.0175. The fraction of sp³-hybridized carbons (Fsp3) is 0.176. The van der Waals surface area contributed by atoms with E-state index in [0.29, 0.717) is 0 Å². The van der Waals surface area contributed by atoms with E-state index in [1.165, 1.54) is 30.3 Å². The number of amides is 2. The third-order valence-corrected chi connectivity index (χ3v) is 3.13. The van der Waals surface area contributed by atoms with Crippen LogP contribution in [0.1, 0.15) is 27.6 Å². The van der Waals surface area contributed by atoms with Gasteiger partial charge in [-0.2, -0.15) is 8.78 Å². The molecule has 0 aliphatic rings. The summed E-state index contributed by atoms with van der Waals surface area (Å²) < 4.78 is 47.7. The number of alkyl halides is 2. The van der Waals surface area contributed by atoms with E-state index in [0.717, 1.165) is 12.1 Å². The Labute approximate surface area is 146 Å². The lowest BCUT2D eigenvalue weighted by Crippen LogP contribution is -2.41. The zero-order valence-electron chi connectivity index (χ0n) is 13.6. The zero-order chi connectivity index (χ0) is 19.1. The molecule has 26 heavy (non-hydrogen) atoms. The molecule has 0 saturated carbocycles. The predicted octanol–water partition coefficient (Wildman–Crippen LogP) is 2.90. The normalized spacial score (nSPS) is 10.3. The van der Waals surface area contributed by atoms with Crippen LogP contribution in [0.3, 0.4) is 0 Å². The van der Waals surface area contributed by atoms with Crippen molar-refractivity contribution in [2.45, 2.75) is 13.5 Å². The molecule has 0 aliphatic carbocycles. The van der Waals surface area contributed by atoms with Gasteiger partial charge in [0.2, 0.25) is 0 Å². The van der Waals surface area contributed by atoms with Gasteiger partial charge in [0.05, 0.1) is 12.2 Å². The highest BCUT2D eigenvalue weighted by Gasteiger charge is 2.16. The molecule has 6 nitrogen and oxygen atoms in total. The lowest BCUT2D eigenvalue weighted by Gasteiger charge is -2.13. The van der Waals surface area contributed by atoms with E-state index in [9.17, 15) is 22.8 Å². The molecule has 0 saturated heterocycles. The maximum atomic E-state index is 13.5. The summed E-state index contributed by atoms with van der Waals surface area (Å²) in [6.07, 6.45) is 0. The third kappa shape index (κ3) is 4.88. The largest absolute Gasteiger partial charge is 0.490 e. The van der Waals surface area contributed by atoms with Crippen molar-refractivity contribution in [3.63, 3.8) is 0 Å². The monoisotopic (exact) mass is 368 g/mol. The molecule has 2 rings (SSSR count). The molecule has 2 aromatic carbocycles. The van der Waals surface area contributed by atoms with Crippen LogP contribution in [-0.2, 0) is 0 Å². The number of carbonyl (C=O) groups is 2. The van der Waals surface area contributed by atoms with Crippen molar-refractivity contribution in [3.8, 4) is 11.5 Å². The molecule has 0 bridgehead atoms. The van der Waals surface area contributed by atoms with E-state index >= 15 is 0 Å². The summed E-state index contributed by atoms with van der Waals surface area (Å²) in [5.74, 6) is -2.63. The second-order valence-corrected chi connectivity index (χ2v) is 4.86. The molecular weight excluding hydrogens is 353 g/mol. The Morgan fingerprint density at radius 2 is 1.73 bits per heavy atom. The van der Waals surface area contributed by atoms with E-state index in [-0.39, 0.29) is 29.2 Å².